The number of ether oxygens (including phenoxy) is 1. The molecule has 1 aliphatic rings. The van der Waals surface area contributed by atoms with E-state index in [2.05, 4.69) is 10.3 Å². The van der Waals surface area contributed by atoms with Crippen molar-refractivity contribution < 1.29 is 14.3 Å². The van der Waals surface area contributed by atoms with Crippen molar-refractivity contribution in [2.24, 2.45) is 5.92 Å². The number of nitrogens with one attached hydrogen (secondary N) is 1. The minimum Gasteiger partial charge on any atom is -0.455 e. The molecule has 1 heterocycles. The predicted molar refractivity (Wildman–Crippen MR) is 61.6 cm³/mol. The summed E-state index contributed by atoms with van der Waals surface area (Å²) >= 11 is 5.76. The van der Waals surface area contributed by atoms with E-state index >= 15 is 0 Å². The summed E-state index contributed by atoms with van der Waals surface area (Å²) in [6, 6.07) is 3.27. The van der Waals surface area contributed by atoms with Crippen molar-refractivity contribution >= 4 is 29.2 Å². The Labute approximate surface area is 103 Å². The zero-order valence-electron chi connectivity index (χ0n) is 8.98. The number of carbonyl (C=O) groups excluding carboxylic acids is 2. The molecule has 1 aromatic heterocycles. The molecule has 5 nitrogen and oxygen atoms in total. The van der Waals surface area contributed by atoms with Gasteiger partial charge in [0.05, 0.1) is 11.6 Å². The molecule has 1 N–H and O–H groups in total. The number of nitrogens with zero attached hydrogens (tertiary/aromatic N) is 1. The van der Waals surface area contributed by atoms with E-state index in [1.807, 2.05) is 0 Å². The summed E-state index contributed by atoms with van der Waals surface area (Å²) in [6.07, 6.45) is 3.23. The molecule has 0 aromatic carbocycles. The molecular weight excluding hydrogens is 244 g/mol. The van der Waals surface area contributed by atoms with Gasteiger partial charge in [0, 0.05) is 6.20 Å². The first-order valence-electron chi connectivity index (χ1n) is 5.24. The molecule has 0 aliphatic heterocycles. The number of pyridine rings is 1. The van der Waals surface area contributed by atoms with Gasteiger partial charge in [-0.3, -0.25) is 9.59 Å². The molecule has 6 heteroatoms. The Morgan fingerprint density at radius 1 is 1.53 bits per heavy atom. The van der Waals surface area contributed by atoms with Gasteiger partial charge in [0.2, 0.25) is 0 Å². The average molecular weight is 255 g/mol. The smallest absolute Gasteiger partial charge is 0.309 e. The summed E-state index contributed by atoms with van der Waals surface area (Å²) in [5.74, 6) is -0.740. The Hall–Kier alpha value is -1.62. The summed E-state index contributed by atoms with van der Waals surface area (Å²) in [7, 11) is 0. The second-order valence-electron chi connectivity index (χ2n) is 3.77. The Balaban J connectivity index is 1.80. The van der Waals surface area contributed by atoms with Crippen LogP contribution < -0.4 is 5.32 Å². The number of hydrogen-bond donors (Lipinski definition) is 1. The van der Waals surface area contributed by atoms with E-state index in [1.54, 1.807) is 12.1 Å². The zero-order valence-corrected chi connectivity index (χ0v) is 9.74. The van der Waals surface area contributed by atoms with Crippen molar-refractivity contribution in [1.82, 2.24) is 4.98 Å². The molecule has 1 fully saturated rings. The Bertz CT molecular complexity index is 446. The fourth-order valence-corrected chi connectivity index (χ4v) is 1.41. The van der Waals surface area contributed by atoms with E-state index < -0.39 is 5.91 Å². The quantitative estimate of drug-likeness (QED) is 0.655. The monoisotopic (exact) mass is 254 g/mol. The summed E-state index contributed by atoms with van der Waals surface area (Å²) < 4.78 is 4.83. The lowest BCUT2D eigenvalue weighted by molar-refractivity contribution is -0.148. The number of anilines is 1. The molecule has 0 atom stereocenters. The minimum absolute atomic E-state index is 0.00946. The number of halogens is 1. The maximum Gasteiger partial charge on any atom is 0.309 e. The van der Waals surface area contributed by atoms with Gasteiger partial charge in [-0.05, 0) is 25.0 Å². The van der Waals surface area contributed by atoms with Crippen molar-refractivity contribution in [3.05, 3.63) is 23.5 Å². The summed E-state index contributed by atoms with van der Waals surface area (Å²) in [6.45, 7) is -0.291. The average Bonchev–Trinajstić information content (AvgIpc) is 3.13. The molecule has 0 unspecified atom stereocenters. The maximum atomic E-state index is 11.4. The second-order valence-corrected chi connectivity index (χ2v) is 4.13. The highest BCUT2D eigenvalue weighted by atomic mass is 35.5. The molecule has 90 valence electrons. The van der Waals surface area contributed by atoms with Crippen molar-refractivity contribution in [3.8, 4) is 0 Å². The fourth-order valence-electron chi connectivity index (χ4n) is 1.24. The van der Waals surface area contributed by atoms with Gasteiger partial charge >= 0.3 is 5.97 Å². The lowest BCUT2D eigenvalue weighted by atomic mass is 10.4. The molecule has 1 aromatic rings. The van der Waals surface area contributed by atoms with Crippen LogP contribution in [0.4, 0.5) is 5.69 Å². The Morgan fingerprint density at radius 3 is 2.94 bits per heavy atom. The molecular formula is C11H11ClN2O3. The summed E-state index contributed by atoms with van der Waals surface area (Å²) in [4.78, 5) is 26.4. The van der Waals surface area contributed by atoms with Crippen LogP contribution in [-0.4, -0.2) is 23.5 Å². The molecule has 1 saturated carbocycles. The maximum absolute atomic E-state index is 11.4. The third kappa shape index (κ3) is 3.42. The number of esters is 1. The number of rotatable bonds is 4. The highest BCUT2D eigenvalue weighted by Crippen LogP contribution is 2.30. The first kappa shape index (κ1) is 11.9. The molecule has 0 bridgehead atoms. The lowest BCUT2D eigenvalue weighted by Crippen LogP contribution is -2.21. The molecule has 0 spiro atoms. The summed E-state index contributed by atoms with van der Waals surface area (Å²) in [5.41, 5.74) is 0.404. The number of amides is 1. The lowest BCUT2D eigenvalue weighted by Gasteiger charge is -2.06. The molecule has 1 aliphatic carbocycles. The van der Waals surface area contributed by atoms with Gasteiger partial charge in [-0.15, -0.1) is 0 Å². The first-order valence-corrected chi connectivity index (χ1v) is 5.61. The topological polar surface area (TPSA) is 68.3 Å². The van der Waals surface area contributed by atoms with Gasteiger partial charge in [-0.1, -0.05) is 11.6 Å². The first-order chi connectivity index (χ1) is 8.16. The predicted octanol–water partition coefficient (Wildman–Crippen LogP) is 1.63. The molecule has 17 heavy (non-hydrogen) atoms. The molecule has 2 rings (SSSR count). The van der Waals surface area contributed by atoms with Gasteiger partial charge < -0.3 is 10.1 Å². The highest BCUT2D eigenvalue weighted by molar-refractivity contribution is 6.32. The third-order valence-corrected chi connectivity index (χ3v) is 2.59. The van der Waals surface area contributed by atoms with Crippen LogP contribution in [0.1, 0.15) is 12.8 Å². The van der Waals surface area contributed by atoms with Gasteiger partial charge in [0.25, 0.3) is 5.91 Å². The van der Waals surface area contributed by atoms with Crippen LogP contribution >= 0.6 is 11.6 Å². The van der Waals surface area contributed by atoms with Crippen molar-refractivity contribution in [3.63, 3.8) is 0 Å². The van der Waals surface area contributed by atoms with Crippen LogP contribution in [0, 0.1) is 5.92 Å². The van der Waals surface area contributed by atoms with Crippen molar-refractivity contribution in [1.29, 1.82) is 0 Å². The van der Waals surface area contributed by atoms with Crippen LogP contribution in [0.2, 0.25) is 5.15 Å². The van der Waals surface area contributed by atoms with Gasteiger partial charge in [-0.2, -0.15) is 0 Å². The SMILES string of the molecule is O=C(COC(=O)C1CC1)Nc1cccnc1Cl. The van der Waals surface area contributed by atoms with Crippen molar-refractivity contribution in [2.75, 3.05) is 11.9 Å². The van der Waals surface area contributed by atoms with Crippen LogP contribution in [0.15, 0.2) is 18.3 Å². The van der Waals surface area contributed by atoms with E-state index in [0.717, 1.165) is 12.8 Å². The Kier molecular flexibility index (Phi) is 3.58. The van der Waals surface area contributed by atoms with Crippen LogP contribution in [0.5, 0.6) is 0 Å². The standard InChI is InChI=1S/C11H11ClN2O3/c12-10-8(2-1-5-13-10)14-9(15)6-17-11(16)7-3-4-7/h1-2,5,7H,3-4,6H2,(H,14,15). The van der Waals surface area contributed by atoms with Crippen LogP contribution in [0.25, 0.3) is 0 Å². The molecule has 0 saturated heterocycles. The van der Waals surface area contributed by atoms with Gasteiger partial charge in [0.15, 0.2) is 11.8 Å². The van der Waals surface area contributed by atoms with Crippen LogP contribution in [0.3, 0.4) is 0 Å². The number of aromatic nitrogens is 1. The largest absolute Gasteiger partial charge is 0.455 e. The van der Waals surface area contributed by atoms with E-state index in [4.69, 9.17) is 16.3 Å². The summed E-state index contributed by atoms with van der Waals surface area (Å²) in [5, 5.41) is 2.72. The number of hydrogen-bond acceptors (Lipinski definition) is 4. The van der Waals surface area contributed by atoms with E-state index in [0.29, 0.717) is 5.69 Å². The van der Waals surface area contributed by atoms with Gasteiger partial charge in [-0.25, -0.2) is 4.98 Å². The van der Waals surface area contributed by atoms with E-state index in [1.165, 1.54) is 6.20 Å². The normalized spacial score (nSPS) is 14.2. The zero-order chi connectivity index (χ0) is 12.3. The van der Waals surface area contributed by atoms with Crippen molar-refractivity contribution in [2.45, 2.75) is 12.8 Å². The van der Waals surface area contributed by atoms with E-state index in [-0.39, 0.29) is 23.6 Å². The van der Waals surface area contributed by atoms with Gasteiger partial charge in [0.1, 0.15) is 0 Å². The van der Waals surface area contributed by atoms with Crippen LogP contribution in [-0.2, 0) is 14.3 Å². The minimum atomic E-state index is -0.422. The molecule has 1 amide bonds. The fraction of sp³-hybridized carbons (Fsp3) is 0.364. The second kappa shape index (κ2) is 5.14. The molecule has 0 radical (unpaired) electrons. The number of carbonyl (C=O) groups is 2. The Morgan fingerprint density at radius 2 is 2.29 bits per heavy atom. The third-order valence-electron chi connectivity index (χ3n) is 2.29. The highest BCUT2D eigenvalue weighted by Gasteiger charge is 2.31. The van der Waals surface area contributed by atoms with E-state index in [9.17, 15) is 9.59 Å².